The molecule has 0 amide bonds. The van der Waals surface area contributed by atoms with Crippen molar-refractivity contribution in [2.45, 2.75) is 64.0 Å². The van der Waals surface area contributed by atoms with Crippen molar-refractivity contribution in [2.75, 3.05) is 19.8 Å². The minimum atomic E-state index is -4.40. The van der Waals surface area contributed by atoms with E-state index in [9.17, 15) is 13.2 Å². The molecule has 1 saturated heterocycles. The van der Waals surface area contributed by atoms with Crippen molar-refractivity contribution >= 4 is 12.4 Å². The molecule has 0 bridgehead atoms. The van der Waals surface area contributed by atoms with E-state index in [0.717, 1.165) is 38.5 Å². The van der Waals surface area contributed by atoms with Crippen LogP contribution >= 0.6 is 12.4 Å². The van der Waals surface area contributed by atoms with E-state index in [4.69, 9.17) is 9.47 Å². The van der Waals surface area contributed by atoms with Gasteiger partial charge >= 0.3 is 6.18 Å². The molecule has 2 aliphatic rings. The molecular formula is C20H30ClF3N2O2. The molecule has 1 aromatic carbocycles. The first-order valence-electron chi connectivity index (χ1n) is 9.76. The molecule has 2 N–H and O–H groups in total. The van der Waals surface area contributed by atoms with Gasteiger partial charge in [0.2, 0.25) is 0 Å². The van der Waals surface area contributed by atoms with E-state index < -0.39 is 11.7 Å². The van der Waals surface area contributed by atoms with Crippen LogP contribution in [0.3, 0.4) is 0 Å². The lowest BCUT2D eigenvalue weighted by Crippen LogP contribution is -2.50. The maximum Gasteiger partial charge on any atom is 0.416 e. The van der Waals surface area contributed by atoms with E-state index >= 15 is 0 Å². The Morgan fingerprint density at radius 1 is 1.29 bits per heavy atom. The van der Waals surface area contributed by atoms with Crippen LogP contribution in [0.15, 0.2) is 18.2 Å². The van der Waals surface area contributed by atoms with Crippen molar-refractivity contribution in [1.29, 1.82) is 0 Å². The van der Waals surface area contributed by atoms with Gasteiger partial charge in [0.1, 0.15) is 5.75 Å². The molecule has 1 aromatic rings. The van der Waals surface area contributed by atoms with Crippen molar-refractivity contribution in [3.8, 4) is 5.75 Å². The number of halogens is 4. The predicted molar refractivity (Wildman–Crippen MR) is 105 cm³/mol. The van der Waals surface area contributed by atoms with Crippen LogP contribution in [0.2, 0.25) is 0 Å². The summed E-state index contributed by atoms with van der Waals surface area (Å²) < 4.78 is 51.6. The summed E-state index contributed by atoms with van der Waals surface area (Å²) >= 11 is 0. The second-order valence-corrected chi connectivity index (χ2v) is 7.70. The fraction of sp³-hybridized carbons (Fsp3) is 0.700. The molecule has 4 nitrogen and oxygen atoms in total. The normalized spacial score (nSPS) is 25.6. The number of benzene rings is 1. The highest BCUT2D eigenvalue weighted by Crippen LogP contribution is 2.35. The first-order chi connectivity index (χ1) is 12.8. The van der Waals surface area contributed by atoms with E-state index in [2.05, 4.69) is 10.6 Å². The molecule has 3 rings (SSSR count). The van der Waals surface area contributed by atoms with E-state index in [1.807, 2.05) is 0 Å². The van der Waals surface area contributed by atoms with Crippen LogP contribution in [-0.4, -0.2) is 37.9 Å². The highest BCUT2D eigenvalue weighted by molar-refractivity contribution is 5.85. The topological polar surface area (TPSA) is 42.5 Å². The van der Waals surface area contributed by atoms with E-state index in [1.54, 1.807) is 19.9 Å². The van der Waals surface area contributed by atoms with Crippen molar-refractivity contribution in [1.82, 2.24) is 10.6 Å². The van der Waals surface area contributed by atoms with Gasteiger partial charge in [-0.05, 0) is 50.3 Å². The van der Waals surface area contributed by atoms with Crippen molar-refractivity contribution in [3.63, 3.8) is 0 Å². The van der Waals surface area contributed by atoms with E-state index in [1.165, 1.54) is 6.07 Å². The Morgan fingerprint density at radius 2 is 2.07 bits per heavy atom. The van der Waals surface area contributed by atoms with Gasteiger partial charge in [0, 0.05) is 25.2 Å². The number of ether oxygens (including phenoxy) is 2. The van der Waals surface area contributed by atoms with Crippen LogP contribution in [0.5, 0.6) is 5.75 Å². The largest absolute Gasteiger partial charge is 0.491 e. The summed E-state index contributed by atoms with van der Waals surface area (Å²) in [4.78, 5) is 0. The van der Waals surface area contributed by atoms with Crippen molar-refractivity contribution in [3.05, 3.63) is 29.3 Å². The number of nitrogens with one attached hydrogen (secondary N) is 2. The third kappa shape index (κ3) is 5.99. The van der Waals surface area contributed by atoms with Gasteiger partial charge in [-0.3, -0.25) is 0 Å². The smallest absolute Gasteiger partial charge is 0.416 e. The summed E-state index contributed by atoms with van der Waals surface area (Å²) in [5.41, 5.74) is -0.362. The van der Waals surface area contributed by atoms with Crippen LogP contribution in [0.4, 0.5) is 13.2 Å². The van der Waals surface area contributed by atoms with Crippen molar-refractivity contribution < 1.29 is 22.6 Å². The third-order valence-electron chi connectivity index (χ3n) is 5.35. The summed E-state index contributed by atoms with van der Waals surface area (Å²) in [5.74, 6) is 0.645. The summed E-state index contributed by atoms with van der Waals surface area (Å²) in [6, 6.07) is 4.74. The highest BCUT2D eigenvalue weighted by Gasteiger charge is 2.36. The number of morpholine rings is 1. The fourth-order valence-corrected chi connectivity index (χ4v) is 4.14. The molecule has 8 heteroatoms. The summed E-state index contributed by atoms with van der Waals surface area (Å²) in [6.45, 7) is 6.03. The van der Waals surface area contributed by atoms with Crippen LogP contribution in [0, 0.1) is 5.92 Å². The zero-order valence-corrected chi connectivity index (χ0v) is 17.2. The maximum absolute atomic E-state index is 13.5. The highest BCUT2D eigenvalue weighted by atomic mass is 35.5. The second kappa shape index (κ2) is 10.1. The van der Waals surface area contributed by atoms with Gasteiger partial charge in [-0.25, -0.2) is 0 Å². The lowest BCUT2D eigenvalue weighted by Gasteiger charge is -2.33. The Balaban J connectivity index is 0.00000280. The lowest BCUT2D eigenvalue weighted by atomic mass is 9.93. The molecule has 1 heterocycles. The van der Waals surface area contributed by atoms with Crippen LogP contribution in [-0.2, 0) is 17.5 Å². The van der Waals surface area contributed by atoms with Crippen molar-refractivity contribution in [2.24, 2.45) is 5.92 Å². The number of alkyl halides is 3. The maximum atomic E-state index is 13.5. The number of hydrogen-bond donors (Lipinski definition) is 2. The standard InChI is InChI=1S/C20H29F3N2O2.ClH/c1-13(2)27-15-7-6-14(17(10-15)20(21,22)23)11-25-18-5-3-4-16(18)19-12-26-9-8-24-19;/h6-7,10,13,16,18-19,24-25H,3-5,8-9,11-12H2,1-2H3;1H. The number of hydrogen-bond acceptors (Lipinski definition) is 4. The molecule has 3 atom stereocenters. The SMILES string of the molecule is CC(C)Oc1ccc(CNC2CCCC2C2COCCN2)c(C(F)(F)F)c1.Cl. The van der Waals surface area contributed by atoms with Crippen LogP contribution < -0.4 is 15.4 Å². The predicted octanol–water partition coefficient (Wildman–Crippen LogP) is 4.16. The molecule has 1 aliphatic carbocycles. The molecule has 28 heavy (non-hydrogen) atoms. The lowest BCUT2D eigenvalue weighted by molar-refractivity contribution is -0.138. The molecule has 0 radical (unpaired) electrons. The van der Waals surface area contributed by atoms with E-state index in [0.29, 0.717) is 12.5 Å². The average Bonchev–Trinajstić information content (AvgIpc) is 3.08. The van der Waals surface area contributed by atoms with Gasteiger partial charge in [-0.15, -0.1) is 12.4 Å². The molecule has 0 aromatic heterocycles. The fourth-order valence-electron chi connectivity index (χ4n) is 4.14. The molecule has 160 valence electrons. The minimum absolute atomic E-state index is 0. The molecule has 3 unspecified atom stereocenters. The minimum Gasteiger partial charge on any atom is -0.491 e. The van der Waals surface area contributed by atoms with Gasteiger partial charge in [-0.2, -0.15) is 13.2 Å². The van der Waals surface area contributed by atoms with Gasteiger partial charge < -0.3 is 20.1 Å². The second-order valence-electron chi connectivity index (χ2n) is 7.70. The summed E-state index contributed by atoms with van der Waals surface area (Å²) in [5, 5.41) is 6.87. The molecular weight excluding hydrogens is 393 g/mol. The molecule has 2 fully saturated rings. The quantitative estimate of drug-likeness (QED) is 0.722. The monoisotopic (exact) mass is 422 g/mol. The first kappa shape index (κ1) is 23.3. The Labute approximate surface area is 171 Å². The molecule has 1 saturated carbocycles. The molecule has 0 spiro atoms. The third-order valence-corrected chi connectivity index (χ3v) is 5.35. The Hall–Kier alpha value is -1.02. The number of rotatable bonds is 6. The summed E-state index contributed by atoms with van der Waals surface area (Å²) in [6.07, 6.45) is -1.42. The van der Waals surface area contributed by atoms with Gasteiger partial charge in [0.05, 0.1) is 24.9 Å². The first-order valence-corrected chi connectivity index (χ1v) is 9.76. The van der Waals surface area contributed by atoms with Crippen LogP contribution in [0.1, 0.15) is 44.2 Å². The zero-order chi connectivity index (χ0) is 19.4. The Kier molecular flexibility index (Phi) is 8.43. The van der Waals surface area contributed by atoms with Gasteiger partial charge in [0.15, 0.2) is 0 Å². The van der Waals surface area contributed by atoms with Gasteiger partial charge in [-0.1, -0.05) is 12.5 Å². The Bertz CT molecular complexity index is 622. The summed E-state index contributed by atoms with van der Waals surface area (Å²) in [7, 11) is 0. The zero-order valence-electron chi connectivity index (χ0n) is 16.3. The van der Waals surface area contributed by atoms with Gasteiger partial charge in [0.25, 0.3) is 0 Å². The Morgan fingerprint density at radius 3 is 2.71 bits per heavy atom. The molecule has 1 aliphatic heterocycles. The van der Waals surface area contributed by atoms with E-state index in [-0.39, 0.29) is 48.5 Å². The average molecular weight is 423 g/mol. The van der Waals surface area contributed by atoms with Crippen LogP contribution in [0.25, 0.3) is 0 Å².